The lowest BCUT2D eigenvalue weighted by Crippen LogP contribution is -2.31. The smallest absolute Gasteiger partial charge is 0.328 e. The molecule has 0 saturated carbocycles. The van der Waals surface area contributed by atoms with Gasteiger partial charge in [-0.2, -0.15) is 0 Å². The van der Waals surface area contributed by atoms with Crippen molar-refractivity contribution in [2.75, 3.05) is 39.4 Å². The van der Waals surface area contributed by atoms with E-state index in [9.17, 15) is 19.8 Å². The summed E-state index contributed by atoms with van der Waals surface area (Å²) in [5.41, 5.74) is 7.55. The lowest BCUT2D eigenvalue weighted by Gasteiger charge is -2.15. The Bertz CT molecular complexity index is 2080. The predicted octanol–water partition coefficient (Wildman–Crippen LogP) is 7.88. The minimum Gasteiger partial charge on any atom is -0.491 e. The summed E-state index contributed by atoms with van der Waals surface area (Å²) in [7, 11) is 0. The lowest BCUT2D eigenvalue weighted by molar-refractivity contribution is -0.134. The molecular weight excluding hydrogens is 785 g/mol. The molecule has 2 unspecified atom stereocenters. The van der Waals surface area contributed by atoms with Crippen molar-refractivity contribution in [3.63, 3.8) is 0 Å². The molecule has 0 aliphatic carbocycles. The van der Waals surface area contributed by atoms with Gasteiger partial charge < -0.3 is 50.5 Å². The molecule has 62 heavy (non-hydrogen) atoms. The predicted molar refractivity (Wildman–Crippen MR) is 247 cm³/mol. The van der Waals surface area contributed by atoms with Crippen molar-refractivity contribution in [1.82, 2.24) is 20.6 Å². The average Bonchev–Trinajstić information content (AvgIpc) is 3.97. The van der Waals surface area contributed by atoms with Crippen LogP contribution in [0.25, 0.3) is 21.8 Å². The van der Waals surface area contributed by atoms with E-state index in [1.165, 1.54) is 44.1 Å². The first-order chi connectivity index (χ1) is 30.2. The van der Waals surface area contributed by atoms with Crippen LogP contribution in [0.1, 0.15) is 61.8 Å². The van der Waals surface area contributed by atoms with Crippen LogP contribution in [0, 0.1) is 0 Å². The van der Waals surface area contributed by atoms with Gasteiger partial charge in [0.05, 0.1) is 0 Å². The molecular formula is C50H64N4O8. The molecule has 0 aliphatic rings. The number of aliphatic hydroxyl groups excluding tert-OH is 2. The number of aromatic amines is 2. The number of carboxylic acid groups (broad SMARTS) is 2. The summed E-state index contributed by atoms with van der Waals surface area (Å²) in [5.74, 6) is -0.751. The maximum atomic E-state index is 10.0. The molecule has 0 spiro atoms. The second-order valence-corrected chi connectivity index (χ2v) is 15.0. The maximum absolute atomic E-state index is 10.0. The molecule has 0 fully saturated rings. The second kappa shape index (κ2) is 27.8. The molecule has 6 rings (SSSR count). The standard InChI is InChI=1S/2C23H30N2O2.C4H4O4/c2*1-2-14-24-16-20(26)17-27-23-12-4-3-7-19(23)10-5-8-18-9-6-11-22-21(18)13-15-25-22;5-3(6)1-2-4(7)8/h2*3-4,6-7,9,11-13,15,20,24-26H,2,5,8,10,14,16-17H2,1H3;1-2H,(H,5,6)(H,7,8)/b;;2-1+. The molecule has 6 aromatic rings. The van der Waals surface area contributed by atoms with Gasteiger partial charge >= 0.3 is 11.9 Å². The highest BCUT2D eigenvalue weighted by Gasteiger charge is 2.11. The number of benzene rings is 4. The van der Waals surface area contributed by atoms with E-state index in [0.717, 1.165) is 76.0 Å². The maximum Gasteiger partial charge on any atom is 0.328 e. The van der Waals surface area contributed by atoms with Gasteiger partial charge in [0.1, 0.15) is 36.9 Å². The number of aliphatic carboxylic acids is 2. The van der Waals surface area contributed by atoms with E-state index < -0.39 is 24.1 Å². The number of ether oxygens (including phenoxy) is 2. The molecule has 332 valence electrons. The molecule has 2 atom stereocenters. The number of hydrogen-bond donors (Lipinski definition) is 8. The molecule has 8 N–H and O–H groups in total. The highest BCUT2D eigenvalue weighted by Crippen LogP contribution is 2.25. The zero-order valence-corrected chi connectivity index (χ0v) is 36.0. The summed E-state index contributed by atoms with van der Waals surface area (Å²) >= 11 is 0. The third kappa shape index (κ3) is 17.6. The van der Waals surface area contributed by atoms with E-state index in [2.05, 4.69) is 95.1 Å². The van der Waals surface area contributed by atoms with Crippen molar-refractivity contribution in [2.24, 2.45) is 0 Å². The van der Waals surface area contributed by atoms with E-state index in [1.807, 2.05) is 48.8 Å². The highest BCUT2D eigenvalue weighted by atomic mass is 16.5. The molecule has 12 heteroatoms. The molecule has 0 aliphatic heterocycles. The zero-order chi connectivity index (χ0) is 44.4. The Morgan fingerprint density at radius 3 is 1.35 bits per heavy atom. The van der Waals surface area contributed by atoms with Crippen molar-refractivity contribution in [1.29, 1.82) is 0 Å². The molecule has 0 amide bonds. The van der Waals surface area contributed by atoms with Crippen LogP contribution in [-0.4, -0.2) is 93.9 Å². The van der Waals surface area contributed by atoms with E-state index in [-0.39, 0.29) is 0 Å². The normalized spacial score (nSPS) is 12.0. The number of carbonyl (C=O) groups is 2. The fraction of sp³-hybridized carbons (Fsp3) is 0.360. The van der Waals surface area contributed by atoms with Crippen LogP contribution in [0.4, 0.5) is 0 Å². The first-order valence-electron chi connectivity index (χ1n) is 21.6. The lowest BCUT2D eigenvalue weighted by atomic mass is 10.0. The quantitative estimate of drug-likeness (QED) is 0.0220. The Labute approximate surface area is 365 Å². The van der Waals surface area contributed by atoms with Gasteiger partial charge in [-0.1, -0.05) is 74.5 Å². The molecule has 0 radical (unpaired) electrons. The van der Waals surface area contributed by atoms with Crippen LogP contribution in [0.5, 0.6) is 11.5 Å². The van der Waals surface area contributed by atoms with Gasteiger partial charge in [-0.05, 0) is 123 Å². The van der Waals surface area contributed by atoms with E-state index >= 15 is 0 Å². The molecule has 0 bridgehead atoms. The van der Waals surface area contributed by atoms with E-state index in [4.69, 9.17) is 19.7 Å². The SMILES string of the molecule is CCCNCC(O)COc1ccccc1CCCc1cccc2[nH]ccc12.CCCNCC(O)COc1ccccc1CCCc1cccc2[nH]ccc12.O=C(O)/C=C/C(=O)O. The minimum atomic E-state index is -1.26. The Balaban J connectivity index is 0.000000232. The second-order valence-electron chi connectivity index (χ2n) is 15.0. The Morgan fingerprint density at radius 1 is 0.565 bits per heavy atom. The van der Waals surface area contributed by atoms with E-state index in [1.54, 1.807) is 0 Å². The Kier molecular flexibility index (Phi) is 21.9. The summed E-state index contributed by atoms with van der Waals surface area (Å²) in [6.45, 7) is 7.83. The van der Waals surface area contributed by atoms with Crippen LogP contribution in [0.2, 0.25) is 0 Å². The van der Waals surface area contributed by atoms with Crippen LogP contribution < -0.4 is 20.1 Å². The van der Waals surface area contributed by atoms with Crippen LogP contribution in [-0.2, 0) is 35.3 Å². The Morgan fingerprint density at radius 2 is 0.952 bits per heavy atom. The average molecular weight is 849 g/mol. The summed E-state index contributed by atoms with van der Waals surface area (Å²) in [5, 5.41) is 44.8. The largest absolute Gasteiger partial charge is 0.491 e. The van der Waals surface area contributed by atoms with Crippen LogP contribution >= 0.6 is 0 Å². The monoisotopic (exact) mass is 848 g/mol. The number of para-hydroxylation sites is 2. The number of aromatic nitrogens is 2. The number of fused-ring (bicyclic) bond motifs is 2. The number of aliphatic hydroxyl groups is 2. The first kappa shape index (κ1) is 48.7. The number of rotatable bonds is 24. The van der Waals surface area contributed by atoms with Gasteiger partial charge in [-0.3, -0.25) is 0 Å². The van der Waals surface area contributed by atoms with Gasteiger partial charge in [0.15, 0.2) is 0 Å². The fourth-order valence-electron chi connectivity index (χ4n) is 6.90. The van der Waals surface area contributed by atoms with Crippen molar-refractivity contribution < 1.29 is 39.5 Å². The topological polar surface area (TPSA) is 189 Å². The third-order valence-electron chi connectivity index (χ3n) is 9.94. The summed E-state index contributed by atoms with van der Waals surface area (Å²) in [6.07, 6.45) is 12.4. The zero-order valence-electron chi connectivity index (χ0n) is 36.0. The van der Waals surface area contributed by atoms with Gasteiger partial charge in [-0.15, -0.1) is 0 Å². The van der Waals surface area contributed by atoms with Crippen molar-refractivity contribution in [3.8, 4) is 11.5 Å². The van der Waals surface area contributed by atoms with E-state index in [0.29, 0.717) is 38.5 Å². The van der Waals surface area contributed by atoms with Crippen LogP contribution in [0.3, 0.4) is 0 Å². The number of aryl methyl sites for hydroxylation is 4. The number of H-pyrrole nitrogens is 2. The Hall–Kier alpha value is -5.92. The van der Waals surface area contributed by atoms with Gasteiger partial charge in [-0.25, -0.2) is 9.59 Å². The fourth-order valence-corrected chi connectivity index (χ4v) is 6.90. The van der Waals surface area contributed by atoms with Crippen molar-refractivity contribution in [2.45, 2.75) is 77.4 Å². The van der Waals surface area contributed by atoms with Crippen molar-refractivity contribution in [3.05, 3.63) is 144 Å². The van der Waals surface area contributed by atoms with Crippen LogP contribution in [0.15, 0.2) is 122 Å². The summed E-state index contributed by atoms with van der Waals surface area (Å²) in [4.78, 5) is 25.7. The van der Waals surface area contributed by atoms with Crippen molar-refractivity contribution >= 4 is 33.7 Å². The highest BCUT2D eigenvalue weighted by molar-refractivity contribution is 5.89. The molecule has 4 aromatic carbocycles. The van der Waals surface area contributed by atoms with Gasteiger partial charge in [0, 0.05) is 59.4 Å². The number of hydrogen-bond acceptors (Lipinski definition) is 8. The molecule has 12 nitrogen and oxygen atoms in total. The summed E-state index contributed by atoms with van der Waals surface area (Å²) < 4.78 is 11.8. The first-order valence-corrected chi connectivity index (χ1v) is 21.6. The minimum absolute atomic E-state index is 0.316. The third-order valence-corrected chi connectivity index (χ3v) is 9.94. The van der Waals surface area contributed by atoms with Gasteiger partial charge in [0.25, 0.3) is 0 Å². The number of carboxylic acids is 2. The molecule has 0 saturated heterocycles. The number of nitrogens with one attached hydrogen (secondary N) is 4. The summed E-state index contributed by atoms with van der Waals surface area (Å²) in [6, 6.07) is 33.5. The molecule has 2 aromatic heterocycles. The molecule has 2 heterocycles. The van der Waals surface area contributed by atoms with Gasteiger partial charge in [0.2, 0.25) is 0 Å².